The van der Waals surface area contributed by atoms with Crippen LogP contribution in [0.2, 0.25) is 0 Å². The smallest absolute Gasteiger partial charge is 0.335 e. The Balaban J connectivity index is 1.52. The maximum atomic E-state index is 13.7. The number of imidazole rings is 1. The molecule has 1 aliphatic rings. The summed E-state index contributed by atoms with van der Waals surface area (Å²) in [7, 11) is 0. The van der Waals surface area contributed by atoms with E-state index in [0.717, 1.165) is 0 Å². The molecule has 11 nitrogen and oxygen atoms in total. The van der Waals surface area contributed by atoms with E-state index >= 15 is 0 Å². The summed E-state index contributed by atoms with van der Waals surface area (Å²) >= 11 is 0. The van der Waals surface area contributed by atoms with Gasteiger partial charge in [-0.15, -0.1) is 0 Å². The van der Waals surface area contributed by atoms with Gasteiger partial charge in [-0.2, -0.15) is 9.97 Å². The molecule has 5 rings (SSSR count). The van der Waals surface area contributed by atoms with E-state index < -0.39 is 0 Å². The van der Waals surface area contributed by atoms with E-state index in [2.05, 4.69) is 27.1 Å². The summed E-state index contributed by atoms with van der Waals surface area (Å²) in [4.78, 5) is 48.5. The van der Waals surface area contributed by atoms with Gasteiger partial charge in [-0.3, -0.25) is 18.7 Å². The van der Waals surface area contributed by atoms with Crippen molar-refractivity contribution in [3.63, 3.8) is 0 Å². The Kier molecular flexibility index (Phi) is 6.07. The van der Waals surface area contributed by atoms with Crippen LogP contribution in [0.15, 0.2) is 59.4 Å². The number of anilines is 3. The van der Waals surface area contributed by atoms with Crippen LogP contribution in [0.4, 0.5) is 17.5 Å². The summed E-state index contributed by atoms with van der Waals surface area (Å²) in [6, 6.07) is 15.3. The predicted molar refractivity (Wildman–Crippen MR) is 140 cm³/mol. The molecule has 1 aliphatic heterocycles. The number of amides is 2. The number of carbonyl (C=O) groups is 2. The zero-order valence-electron chi connectivity index (χ0n) is 20.0. The highest BCUT2D eigenvalue weighted by molar-refractivity contribution is 6.04. The number of hydrogen-bond donors (Lipinski definition) is 3. The van der Waals surface area contributed by atoms with Crippen molar-refractivity contribution in [1.29, 1.82) is 0 Å². The quantitative estimate of drug-likeness (QED) is 0.364. The first kappa shape index (κ1) is 23.6. The van der Waals surface area contributed by atoms with Gasteiger partial charge in [0.25, 0.3) is 11.8 Å². The molecule has 0 radical (unpaired) electrons. The molecule has 0 bridgehead atoms. The van der Waals surface area contributed by atoms with Crippen LogP contribution < -0.4 is 22.5 Å². The van der Waals surface area contributed by atoms with E-state index in [1.807, 2.05) is 6.07 Å². The van der Waals surface area contributed by atoms with Gasteiger partial charge in [-0.05, 0) is 55.7 Å². The molecule has 0 aliphatic carbocycles. The van der Waals surface area contributed by atoms with Crippen LogP contribution in [0.1, 0.15) is 29.7 Å². The Morgan fingerprint density at radius 3 is 2.49 bits per heavy atom. The summed E-state index contributed by atoms with van der Waals surface area (Å²) < 4.78 is 2.94. The van der Waals surface area contributed by atoms with Crippen LogP contribution in [0.25, 0.3) is 16.9 Å². The molecule has 186 valence electrons. The summed E-state index contributed by atoms with van der Waals surface area (Å²) in [6.07, 6.45) is 0.546. The van der Waals surface area contributed by atoms with Crippen molar-refractivity contribution in [2.75, 3.05) is 29.9 Å². The van der Waals surface area contributed by atoms with Crippen molar-refractivity contribution in [2.24, 2.45) is 0 Å². The Morgan fingerprint density at radius 1 is 1.05 bits per heavy atom. The minimum atomic E-state index is -0.386. The Morgan fingerprint density at radius 2 is 1.78 bits per heavy atom. The van der Waals surface area contributed by atoms with Crippen molar-refractivity contribution in [3.8, 4) is 17.5 Å². The number of nitrogens with two attached hydrogens (primary N) is 2. The number of fused-ring (bicyclic) bond motifs is 1. The third-order valence-corrected chi connectivity index (χ3v) is 6.23. The monoisotopic (exact) mass is 496 g/mol. The number of hydrogen-bond acceptors (Lipinski definition) is 7. The standard InChI is InChI=1S/C26H24N8O3/c1-2-6-20(35)32-14-13-19(15-32)34-23-21(22(27)30-25(28)31-23)33(26(34)37)18-11-9-17(10-12-18)29-24(36)16-7-4-3-5-8-16/h3-5,7-12,19H,13-15H2,1H3,(H,29,36)(H4,27,28,30,31). The predicted octanol–water partition coefficient (Wildman–Crippen LogP) is 1.80. The van der Waals surface area contributed by atoms with Crippen molar-refractivity contribution >= 4 is 40.4 Å². The summed E-state index contributed by atoms with van der Waals surface area (Å²) in [5.74, 6) is 4.62. The highest BCUT2D eigenvalue weighted by Gasteiger charge is 2.31. The fourth-order valence-corrected chi connectivity index (χ4v) is 4.53. The summed E-state index contributed by atoms with van der Waals surface area (Å²) in [5.41, 5.74) is 13.9. The second kappa shape index (κ2) is 9.50. The number of nitrogen functional groups attached to an aromatic ring is 2. The van der Waals surface area contributed by atoms with Crippen LogP contribution >= 0.6 is 0 Å². The average Bonchev–Trinajstić information content (AvgIpc) is 3.48. The van der Waals surface area contributed by atoms with Gasteiger partial charge in [0.1, 0.15) is 5.52 Å². The third kappa shape index (κ3) is 4.36. The van der Waals surface area contributed by atoms with Gasteiger partial charge in [0, 0.05) is 24.3 Å². The maximum absolute atomic E-state index is 13.7. The van der Waals surface area contributed by atoms with E-state index in [4.69, 9.17) is 11.5 Å². The molecule has 11 heteroatoms. The molecule has 37 heavy (non-hydrogen) atoms. The summed E-state index contributed by atoms with van der Waals surface area (Å²) in [5, 5.41) is 2.84. The zero-order chi connectivity index (χ0) is 26.1. The number of benzene rings is 2. The molecule has 1 fully saturated rings. The molecule has 1 atom stereocenters. The molecular weight excluding hydrogens is 472 g/mol. The minimum Gasteiger partial charge on any atom is -0.382 e. The molecule has 0 spiro atoms. The highest BCUT2D eigenvalue weighted by Crippen LogP contribution is 2.28. The molecular formula is C26H24N8O3. The molecule has 3 heterocycles. The lowest BCUT2D eigenvalue weighted by molar-refractivity contribution is -0.124. The van der Waals surface area contributed by atoms with E-state index in [-0.39, 0.29) is 41.0 Å². The maximum Gasteiger partial charge on any atom is 0.335 e. The lowest BCUT2D eigenvalue weighted by Gasteiger charge is -2.14. The van der Waals surface area contributed by atoms with E-state index in [1.54, 1.807) is 60.4 Å². The molecule has 2 amide bonds. The van der Waals surface area contributed by atoms with Crippen LogP contribution in [0.3, 0.4) is 0 Å². The third-order valence-electron chi connectivity index (χ3n) is 6.23. The fraction of sp³-hybridized carbons (Fsp3) is 0.192. The number of nitrogens with zero attached hydrogens (tertiary/aromatic N) is 5. The number of carbonyl (C=O) groups excluding carboxylic acids is 2. The number of nitrogens with one attached hydrogen (secondary N) is 1. The second-order valence-corrected chi connectivity index (χ2v) is 8.56. The molecule has 2 aromatic heterocycles. The number of likely N-dealkylation sites (tertiary alicyclic amines) is 1. The van der Waals surface area contributed by atoms with Gasteiger partial charge in [0.2, 0.25) is 5.95 Å². The molecule has 2 aromatic carbocycles. The Labute approximate surface area is 211 Å². The van der Waals surface area contributed by atoms with E-state index in [1.165, 1.54) is 9.13 Å². The van der Waals surface area contributed by atoms with Crippen LogP contribution in [-0.4, -0.2) is 48.9 Å². The highest BCUT2D eigenvalue weighted by atomic mass is 16.2. The van der Waals surface area contributed by atoms with Crippen molar-refractivity contribution < 1.29 is 9.59 Å². The van der Waals surface area contributed by atoms with Crippen LogP contribution in [0.5, 0.6) is 0 Å². The number of rotatable bonds is 4. The lowest BCUT2D eigenvalue weighted by Crippen LogP contribution is -2.31. The topological polar surface area (TPSA) is 154 Å². The molecule has 0 saturated carbocycles. The Bertz CT molecular complexity index is 1630. The van der Waals surface area contributed by atoms with Gasteiger partial charge >= 0.3 is 5.69 Å². The van der Waals surface area contributed by atoms with Crippen LogP contribution in [0, 0.1) is 11.8 Å². The molecule has 1 saturated heterocycles. The first-order valence-electron chi connectivity index (χ1n) is 11.6. The first-order valence-corrected chi connectivity index (χ1v) is 11.6. The van der Waals surface area contributed by atoms with Gasteiger partial charge < -0.3 is 21.7 Å². The molecule has 4 aromatic rings. The SMILES string of the molecule is CC#CC(=O)N1CCC(n2c(=O)n(-c3ccc(NC(=O)c4ccccc4)cc3)c3c(N)nc(N)nc32)C1. The van der Waals surface area contributed by atoms with Gasteiger partial charge in [-0.25, -0.2) is 4.79 Å². The summed E-state index contributed by atoms with van der Waals surface area (Å²) in [6.45, 7) is 2.37. The van der Waals surface area contributed by atoms with E-state index in [9.17, 15) is 14.4 Å². The average molecular weight is 497 g/mol. The van der Waals surface area contributed by atoms with Crippen molar-refractivity contribution in [2.45, 2.75) is 19.4 Å². The van der Waals surface area contributed by atoms with Gasteiger partial charge in [0.15, 0.2) is 11.5 Å². The largest absolute Gasteiger partial charge is 0.382 e. The molecule has 5 N–H and O–H groups in total. The van der Waals surface area contributed by atoms with Crippen LogP contribution in [-0.2, 0) is 4.79 Å². The minimum absolute atomic E-state index is 0.0577. The fourth-order valence-electron chi connectivity index (χ4n) is 4.53. The Hall–Kier alpha value is -5.11. The van der Waals surface area contributed by atoms with Crippen molar-refractivity contribution in [3.05, 3.63) is 70.6 Å². The second-order valence-electron chi connectivity index (χ2n) is 8.56. The number of aromatic nitrogens is 4. The zero-order valence-corrected chi connectivity index (χ0v) is 20.0. The van der Waals surface area contributed by atoms with Crippen molar-refractivity contribution in [1.82, 2.24) is 24.0 Å². The van der Waals surface area contributed by atoms with Gasteiger partial charge in [0.05, 0.1) is 11.7 Å². The van der Waals surface area contributed by atoms with E-state index in [0.29, 0.717) is 42.0 Å². The molecule has 1 unspecified atom stereocenters. The normalized spacial score (nSPS) is 14.8. The van der Waals surface area contributed by atoms with Gasteiger partial charge in [-0.1, -0.05) is 24.1 Å². The lowest BCUT2D eigenvalue weighted by atomic mass is 10.2. The first-order chi connectivity index (χ1) is 17.9.